The molecule has 18 heavy (non-hydrogen) atoms. The molecule has 0 atom stereocenters. The number of rotatable bonds is 7. The summed E-state index contributed by atoms with van der Waals surface area (Å²) in [5.41, 5.74) is 6.43. The predicted molar refractivity (Wildman–Crippen MR) is 67.6 cm³/mol. The Morgan fingerprint density at radius 1 is 1.22 bits per heavy atom. The van der Waals surface area contributed by atoms with Gasteiger partial charge in [0.15, 0.2) is 18.1 Å². The summed E-state index contributed by atoms with van der Waals surface area (Å²) in [4.78, 5) is 11.3. The van der Waals surface area contributed by atoms with Gasteiger partial charge in [0.25, 0.3) is 0 Å². The predicted octanol–water partition coefficient (Wildman–Crippen LogP) is 1.49. The van der Waals surface area contributed by atoms with Crippen LogP contribution in [0.4, 0.5) is 0 Å². The molecule has 0 radical (unpaired) electrons. The highest BCUT2D eigenvalue weighted by atomic mass is 16.6. The van der Waals surface area contributed by atoms with E-state index in [4.69, 9.17) is 19.9 Å². The summed E-state index contributed by atoms with van der Waals surface area (Å²) in [7, 11) is 0. The molecule has 0 fully saturated rings. The van der Waals surface area contributed by atoms with Gasteiger partial charge in [-0.1, -0.05) is 12.1 Å². The van der Waals surface area contributed by atoms with Crippen LogP contribution in [0.15, 0.2) is 18.2 Å². The zero-order valence-corrected chi connectivity index (χ0v) is 10.8. The lowest BCUT2D eigenvalue weighted by Gasteiger charge is -2.14. The molecule has 0 bridgehead atoms. The summed E-state index contributed by atoms with van der Waals surface area (Å²) in [5, 5.41) is 0. The normalized spacial score (nSPS) is 9.94. The van der Waals surface area contributed by atoms with Gasteiger partial charge in [-0.25, -0.2) is 4.79 Å². The van der Waals surface area contributed by atoms with Crippen LogP contribution in [0, 0.1) is 0 Å². The van der Waals surface area contributed by atoms with E-state index < -0.39 is 5.97 Å². The van der Waals surface area contributed by atoms with Gasteiger partial charge in [-0.15, -0.1) is 0 Å². The van der Waals surface area contributed by atoms with Crippen LogP contribution in [0.1, 0.15) is 19.4 Å². The number of benzene rings is 1. The highest BCUT2D eigenvalue weighted by Crippen LogP contribution is 2.31. The van der Waals surface area contributed by atoms with Crippen LogP contribution in [-0.2, 0) is 16.1 Å². The molecule has 0 aromatic heterocycles. The average Bonchev–Trinajstić information content (AvgIpc) is 2.37. The van der Waals surface area contributed by atoms with E-state index in [1.165, 1.54) is 0 Å². The minimum absolute atomic E-state index is 0.148. The fourth-order valence-corrected chi connectivity index (χ4v) is 1.49. The molecule has 0 saturated carbocycles. The standard InChI is InChI=1S/C13H19NO4/c1-3-16-11-7-5-6-10(8-14)13(11)18-9-12(15)17-4-2/h5-7H,3-4,8-9,14H2,1-2H3. The maximum atomic E-state index is 11.3. The molecule has 0 spiro atoms. The molecule has 2 N–H and O–H groups in total. The molecule has 0 unspecified atom stereocenters. The van der Waals surface area contributed by atoms with Gasteiger partial charge in [0.05, 0.1) is 13.2 Å². The van der Waals surface area contributed by atoms with Crippen molar-refractivity contribution in [3.8, 4) is 11.5 Å². The summed E-state index contributed by atoms with van der Waals surface area (Å²) in [6.45, 7) is 4.65. The zero-order chi connectivity index (χ0) is 13.4. The van der Waals surface area contributed by atoms with Crippen LogP contribution in [0.3, 0.4) is 0 Å². The van der Waals surface area contributed by atoms with Gasteiger partial charge in [-0.3, -0.25) is 0 Å². The number of hydrogen-bond acceptors (Lipinski definition) is 5. The second kappa shape index (κ2) is 7.55. The van der Waals surface area contributed by atoms with Crippen molar-refractivity contribution in [2.75, 3.05) is 19.8 Å². The number of ether oxygens (including phenoxy) is 3. The first-order chi connectivity index (χ1) is 8.72. The molecule has 1 rings (SSSR count). The van der Waals surface area contributed by atoms with E-state index in [-0.39, 0.29) is 6.61 Å². The summed E-state index contributed by atoms with van der Waals surface area (Å²) in [6.07, 6.45) is 0. The first kappa shape index (κ1) is 14.3. The Hall–Kier alpha value is -1.75. The maximum Gasteiger partial charge on any atom is 0.344 e. The van der Waals surface area contributed by atoms with Crippen LogP contribution in [0.25, 0.3) is 0 Å². The molecule has 0 aliphatic carbocycles. The molecule has 1 aromatic rings. The number of hydrogen-bond donors (Lipinski definition) is 1. The number of esters is 1. The van der Waals surface area contributed by atoms with Crippen LogP contribution in [-0.4, -0.2) is 25.8 Å². The molecule has 100 valence electrons. The first-order valence-electron chi connectivity index (χ1n) is 5.96. The molecule has 0 aliphatic heterocycles. The Balaban J connectivity index is 2.80. The van der Waals surface area contributed by atoms with Gasteiger partial charge in [0, 0.05) is 12.1 Å². The second-order valence-corrected chi connectivity index (χ2v) is 3.48. The third kappa shape index (κ3) is 3.92. The van der Waals surface area contributed by atoms with E-state index >= 15 is 0 Å². The molecule has 0 saturated heterocycles. The van der Waals surface area contributed by atoms with Crippen molar-refractivity contribution in [1.29, 1.82) is 0 Å². The van der Waals surface area contributed by atoms with Crippen molar-refractivity contribution in [2.45, 2.75) is 20.4 Å². The lowest BCUT2D eigenvalue weighted by molar-refractivity contribution is -0.145. The van der Waals surface area contributed by atoms with E-state index in [0.717, 1.165) is 5.56 Å². The van der Waals surface area contributed by atoms with E-state index in [1.54, 1.807) is 13.0 Å². The van der Waals surface area contributed by atoms with Crippen molar-refractivity contribution >= 4 is 5.97 Å². The molecule has 0 heterocycles. The monoisotopic (exact) mass is 253 g/mol. The molecule has 5 heteroatoms. The molecule has 0 amide bonds. The van der Waals surface area contributed by atoms with Gasteiger partial charge in [0.1, 0.15) is 0 Å². The number of carbonyl (C=O) groups excluding carboxylic acids is 1. The number of carbonyl (C=O) groups is 1. The van der Waals surface area contributed by atoms with E-state index in [9.17, 15) is 4.79 Å². The van der Waals surface area contributed by atoms with E-state index in [2.05, 4.69) is 0 Å². The largest absolute Gasteiger partial charge is 0.490 e. The van der Waals surface area contributed by atoms with Crippen molar-refractivity contribution in [3.05, 3.63) is 23.8 Å². The first-order valence-corrected chi connectivity index (χ1v) is 5.96. The topological polar surface area (TPSA) is 70.8 Å². The molecular formula is C13H19NO4. The van der Waals surface area contributed by atoms with Crippen LogP contribution in [0.5, 0.6) is 11.5 Å². The van der Waals surface area contributed by atoms with Crippen LogP contribution < -0.4 is 15.2 Å². The maximum absolute atomic E-state index is 11.3. The number of nitrogens with two attached hydrogens (primary N) is 1. The highest BCUT2D eigenvalue weighted by molar-refractivity contribution is 5.71. The lowest BCUT2D eigenvalue weighted by atomic mass is 10.2. The third-order valence-electron chi connectivity index (χ3n) is 2.22. The number of para-hydroxylation sites is 1. The Morgan fingerprint density at radius 2 is 2.00 bits per heavy atom. The highest BCUT2D eigenvalue weighted by Gasteiger charge is 2.12. The van der Waals surface area contributed by atoms with Crippen LogP contribution in [0.2, 0.25) is 0 Å². The van der Waals surface area contributed by atoms with Crippen LogP contribution >= 0.6 is 0 Å². The van der Waals surface area contributed by atoms with E-state index in [1.807, 2.05) is 19.1 Å². The van der Waals surface area contributed by atoms with Gasteiger partial charge >= 0.3 is 5.97 Å². The summed E-state index contributed by atoms with van der Waals surface area (Å²) in [6, 6.07) is 5.45. The lowest BCUT2D eigenvalue weighted by Crippen LogP contribution is -2.16. The van der Waals surface area contributed by atoms with Gasteiger partial charge in [0.2, 0.25) is 0 Å². The Kier molecular flexibility index (Phi) is 6.00. The molecule has 0 aliphatic rings. The summed E-state index contributed by atoms with van der Waals surface area (Å²) >= 11 is 0. The molecule has 1 aromatic carbocycles. The molecule has 5 nitrogen and oxygen atoms in total. The Bertz CT molecular complexity index is 393. The van der Waals surface area contributed by atoms with Crippen molar-refractivity contribution in [2.24, 2.45) is 5.73 Å². The molecular weight excluding hydrogens is 234 g/mol. The van der Waals surface area contributed by atoms with Crippen molar-refractivity contribution < 1.29 is 19.0 Å². The second-order valence-electron chi connectivity index (χ2n) is 3.48. The van der Waals surface area contributed by atoms with Crippen molar-refractivity contribution in [3.63, 3.8) is 0 Å². The minimum Gasteiger partial charge on any atom is -0.490 e. The fourth-order valence-electron chi connectivity index (χ4n) is 1.49. The summed E-state index contributed by atoms with van der Waals surface area (Å²) < 4.78 is 15.7. The smallest absolute Gasteiger partial charge is 0.344 e. The van der Waals surface area contributed by atoms with Gasteiger partial charge < -0.3 is 19.9 Å². The third-order valence-corrected chi connectivity index (χ3v) is 2.22. The van der Waals surface area contributed by atoms with E-state index in [0.29, 0.717) is 31.3 Å². The minimum atomic E-state index is -0.410. The Labute approximate surface area is 107 Å². The summed E-state index contributed by atoms with van der Waals surface area (Å²) in [5.74, 6) is 0.687. The fraction of sp³-hybridized carbons (Fsp3) is 0.462. The van der Waals surface area contributed by atoms with Gasteiger partial charge in [-0.05, 0) is 19.9 Å². The average molecular weight is 253 g/mol. The van der Waals surface area contributed by atoms with Gasteiger partial charge in [-0.2, -0.15) is 0 Å². The quantitative estimate of drug-likeness (QED) is 0.745. The zero-order valence-electron chi connectivity index (χ0n) is 10.8. The SMILES string of the molecule is CCOC(=O)COc1c(CN)cccc1OCC. The Morgan fingerprint density at radius 3 is 2.61 bits per heavy atom. The van der Waals surface area contributed by atoms with Crippen molar-refractivity contribution in [1.82, 2.24) is 0 Å².